The molecule has 0 aromatic rings. The summed E-state index contributed by atoms with van der Waals surface area (Å²) < 4.78 is 5.11. The van der Waals surface area contributed by atoms with E-state index in [1.54, 1.807) is 23.5 Å². The van der Waals surface area contributed by atoms with Crippen LogP contribution in [0.15, 0.2) is 0 Å². The van der Waals surface area contributed by atoms with E-state index < -0.39 is 0 Å². The first-order valence-corrected chi connectivity index (χ1v) is 11.7. The molecule has 0 aliphatic heterocycles. The van der Waals surface area contributed by atoms with Gasteiger partial charge in [0.2, 0.25) is 0 Å². The highest BCUT2D eigenvalue weighted by Crippen LogP contribution is 2.18. The summed E-state index contributed by atoms with van der Waals surface area (Å²) >= 11 is 8.77. The van der Waals surface area contributed by atoms with Crippen molar-refractivity contribution in [2.24, 2.45) is 0 Å². The zero-order valence-corrected chi connectivity index (χ0v) is 15.3. The van der Waals surface area contributed by atoms with E-state index in [1.165, 1.54) is 17.5 Å². The number of aliphatic hydroxyl groups is 1. The van der Waals surface area contributed by atoms with Gasteiger partial charge in [-0.05, 0) is 5.75 Å². The Bertz CT molecular complexity index is 207. The molecule has 19 heavy (non-hydrogen) atoms. The second kappa shape index (κ2) is 17.2. The average molecular weight is 363 g/mol. The van der Waals surface area contributed by atoms with Crippen molar-refractivity contribution >= 4 is 64.8 Å². The molecule has 0 aromatic heterocycles. The summed E-state index contributed by atoms with van der Waals surface area (Å²) in [6.07, 6.45) is 0.502. The van der Waals surface area contributed by atoms with Crippen LogP contribution in [0, 0.1) is 0 Å². The lowest BCUT2D eigenvalue weighted by Crippen LogP contribution is -2.08. The van der Waals surface area contributed by atoms with Crippen molar-refractivity contribution in [1.82, 2.24) is 0 Å². The summed E-state index contributed by atoms with van der Waals surface area (Å²) in [5.41, 5.74) is 0. The third kappa shape index (κ3) is 17.1. The average Bonchev–Trinajstić information content (AvgIpc) is 2.41. The van der Waals surface area contributed by atoms with E-state index in [0.717, 1.165) is 26.8 Å². The van der Waals surface area contributed by atoms with Gasteiger partial charge in [-0.15, -0.1) is 35.3 Å². The van der Waals surface area contributed by atoms with Crippen LogP contribution in [0.4, 0.5) is 0 Å². The topological polar surface area (TPSA) is 46.5 Å². The Morgan fingerprint density at radius 2 is 1.68 bits per heavy atom. The van der Waals surface area contributed by atoms with E-state index in [-0.39, 0.29) is 11.9 Å². The zero-order chi connectivity index (χ0) is 14.2. The van der Waals surface area contributed by atoms with Crippen molar-refractivity contribution in [2.75, 3.05) is 45.1 Å². The number of aliphatic hydroxyl groups excluding tert-OH is 1. The molecule has 0 radical (unpaired) electrons. The first-order chi connectivity index (χ1) is 9.31. The number of thioether (sulfide) groups is 5. The van der Waals surface area contributed by atoms with Gasteiger partial charge in [-0.1, -0.05) is 6.92 Å². The maximum Gasteiger partial charge on any atom is 0.306 e. The third-order valence-corrected chi connectivity index (χ3v) is 7.28. The molecule has 0 aliphatic rings. The number of esters is 1. The largest absolute Gasteiger partial charge is 0.465 e. The number of ether oxygens (including phenoxy) is 1. The minimum absolute atomic E-state index is 0.101. The van der Waals surface area contributed by atoms with E-state index in [2.05, 4.69) is 6.92 Å². The number of rotatable bonds is 14. The molecule has 0 fully saturated rings. The van der Waals surface area contributed by atoms with Crippen molar-refractivity contribution in [1.29, 1.82) is 0 Å². The lowest BCUT2D eigenvalue weighted by Gasteiger charge is -2.04. The predicted octanol–water partition coefficient (Wildman–Crippen LogP) is 3.43. The molecule has 0 aromatic carbocycles. The van der Waals surface area contributed by atoms with Crippen molar-refractivity contribution in [2.45, 2.75) is 13.3 Å². The highest BCUT2D eigenvalue weighted by Gasteiger charge is 2.02. The lowest BCUT2D eigenvalue weighted by molar-refractivity contribution is -0.142. The Kier molecular flexibility index (Phi) is 18.3. The highest BCUT2D eigenvalue weighted by molar-refractivity contribution is 8.22. The van der Waals surface area contributed by atoms with E-state index in [9.17, 15) is 4.79 Å². The summed E-state index contributed by atoms with van der Waals surface area (Å²) in [5.74, 6) is 2.86. The van der Waals surface area contributed by atoms with Crippen LogP contribution in [0.3, 0.4) is 0 Å². The highest BCUT2D eigenvalue weighted by atomic mass is 32.2. The molecule has 0 spiro atoms. The quantitative estimate of drug-likeness (QED) is 0.286. The first-order valence-electron chi connectivity index (χ1n) is 5.96. The van der Waals surface area contributed by atoms with Gasteiger partial charge in [-0.25, -0.2) is 0 Å². The molecular weight excluding hydrogens is 340 g/mol. The Morgan fingerprint density at radius 1 is 1.00 bits per heavy atom. The van der Waals surface area contributed by atoms with E-state index in [4.69, 9.17) is 9.84 Å². The lowest BCUT2D eigenvalue weighted by atomic mass is 10.5. The number of carbonyl (C=O) groups excluding carboxylic acids is 1. The van der Waals surface area contributed by atoms with Crippen molar-refractivity contribution in [3.8, 4) is 0 Å². The maximum absolute atomic E-state index is 11.4. The molecule has 0 aliphatic carbocycles. The smallest absolute Gasteiger partial charge is 0.306 e. The Labute approximate surface area is 137 Å². The number of carbonyl (C=O) groups is 1. The zero-order valence-electron chi connectivity index (χ0n) is 11.2. The van der Waals surface area contributed by atoms with Crippen LogP contribution in [0.2, 0.25) is 0 Å². The molecule has 8 heteroatoms. The molecule has 1 N–H and O–H groups in total. The standard InChI is InChI=1S/C11H22O3S5/c1-2-15-8-19-10-16-5-3-11(13)14-4-6-17-9-18-7-12/h12H,2-10H2,1H3. The van der Waals surface area contributed by atoms with E-state index in [1.807, 2.05) is 23.5 Å². The van der Waals surface area contributed by atoms with Crippen LogP contribution < -0.4 is 0 Å². The van der Waals surface area contributed by atoms with Gasteiger partial charge in [0.15, 0.2) is 0 Å². The molecule has 0 bridgehead atoms. The molecule has 0 atom stereocenters. The van der Waals surface area contributed by atoms with Gasteiger partial charge in [0.05, 0.1) is 12.4 Å². The van der Waals surface area contributed by atoms with Gasteiger partial charge < -0.3 is 9.84 Å². The first kappa shape index (κ1) is 20.2. The van der Waals surface area contributed by atoms with Gasteiger partial charge in [-0.2, -0.15) is 23.5 Å². The molecule has 0 unspecified atom stereocenters. The van der Waals surface area contributed by atoms with Crippen molar-refractivity contribution in [3.05, 3.63) is 0 Å². The van der Waals surface area contributed by atoms with Crippen LogP contribution >= 0.6 is 58.8 Å². The number of hydrogen-bond acceptors (Lipinski definition) is 8. The van der Waals surface area contributed by atoms with Crippen molar-refractivity contribution in [3.63, 3.8) is 0 Å². The van der Waals surface area contributed by atoms with Crippen molar-refractivity contribution < 1.29 is 14.6 Å². The molecule has 0 saturated heterocycles. The van der Waals surface area contributed by atoms with Crippen LogP contribution in [0.5, 0.6) is 0 Å². The monoisotopic (exact) mass is 362 g/mol. The fourth-order valence-electron chi connectivity index (χ4n) is 0.891. The molecule has 0 heterocycles. The van der Waals surface area contributed by atoms with Crippen LogP contribution in [0.1, 0.15) is 13.3 Å². The molecule has 0 saturated carbocycles. The van der Waals surface area contributed by atoms with Gasteiger partial charge in [0.25, 0.3) is 0 Å². The summed E-state index contributed by atoms with van der Waals surface area (Å²) in [7, 11) is 0. The van der Waals surface area contributed by atoms with Gasteiger partial charge in [0, 0.05) is 26.8 Å². The molecule has 114 valence electrons. The fourth-order valence-corrected chi connectivity index (χ4v) is 5.61. The summed E-state index contributed by atoms with van der Waals surface area (Å²) in [6.45, 7) is 2.64. The Hall–Kier alpha value is 1.18. The van der Waals surface area contributed by atoms with Crippen LogP contribution in [0.25, 0.3) is 0 Å². The SMILES string of the molecule is CCSCSCSCCC(=O)OCCSCSCO. The van der Waals surface area contributed by atoms with Gasteiger partial charge in [-0.3, -0.25) is 4.79 Å². The van der Waals surface area contributed by atoms with Gasteiger partial charge in [0.1, 0.15) is 6.61 Å². The normalized spacial score (nSPS) is 10.6. The summed E-state index contributed by atoms with van der Waals surface area (Å²) in [6, 6.07) is 0. The van der Waals surface area contributed by atoms with E-state index in [0.29, 0.717) is 13.0 Å². The number of hydrogen-bond donors (Lipinski definition) is 1. The molecule has 3 nitrogen and oxygen atoms in total. The second-order valence-corrected chi connectivity index (χ2v) is 9.69. The minimum atomic E-state index is -0.101. The predicted molar refractivity (Wildman–Crippen MR) is 95.5 cm³/mol. The van der Waals surface area contributed by atoms with Gasteiger partial charge >= 0.3 is 5.97 Å². The summed E-state index contributed by atoms with van der Waals surface area (Å²) in [5, 5.41) is 11.6. The Morgan fingerprint density at radius 3 is 2.42 bits per heavy atom. The fraction of sp³-hybridized carbons (Fsp3) is 0.909. The van der Waals surface area contributed by atoms with Crippen LogP contribution in [-0.2, 0) is 9.53 Å². The minimum Gasteiger partial charge on any atom is -0.465 e. The molecule has 0 amide bonds. The second-order valence-electron chi connectivity index (χ2n) is 3.17. The van der Waals surface area contributed by atoms with E-state index >= 15 is 0 Å². The Balaban J connectivity index is 3.13. The maximum atomic E-state index is 11.4. The summed E-state index contributed by atoms with van der Waals surface area (Å²) in [4.78, 5) is 11.4. The third-order valence-electron chi connectivity index (χ3n) is 1.74. The molecular formula is C11H22O3S5. The molecule has 0 rings (SSSR count). The van der Waals surface area contributed by atoms with Crippen LogP contribution in [-0.4, -0.2) is 56.1 Å².